The maximum Gasteiger partial charge on any atom is 0.437 e. The standard InChI is InChI=1S/C19H12BrClF4N2O3/c1-29-12-4-2-10(3-5-12)8-27-9-26-17(19(23,24)25)16(18(27)28)30-14-7-11(21)6-13(20)15(14)22/h2-7,9H,8H2,1H3. The van der Waals surface area contributed by atoms with Gasteiger partial charge in [-0.15, -0.1) is 0 Å². The van der Waals surface area contributed by atoms with Crippen LogP contribution in [0.4, 0.5) is 17.6 Å². The predicted molar refractivity (Wildman–Crippen MR) is 105 cm³/mol. The molecule has 0 aliphatic heterocycles. The Bertz CT molecular complexity index is 1130. The van der Waals surface area contributed by atoms with Gasteiger partial charge in [0.1, 0.15) is 5.75 Å². The summed E-state index contributed by atoms with van der Waals surface area (Å²) in [5, 5.41) is -0.00529. The van der Waals surface area contributed by atoms with E-state index in [1.807, 2.05) is 0 Å². The summed E-state index contributed by atoms with van der Waals surface area (Å²) in [6.07, 6.45) is -4.24. The van der Waals surface area contributed by atoms with Crippen molar-refractivity contribution in [3.63, 3.8) is 0 Å². The van der Waals surface area contributed by atoms with E-state index in [9.17, 15) is 22.4 Å². The monoisotopic (exact) mass is 506 g/mol. The van der Waals surface area contributed by atoms with Crippen molar-refractivity contribution in [2.45, 2.75) is 12.7 Å². The Morgan fingerprint density at radius 1 is 1.20 bits per heavy atom. The van der Waals surface area contributed by atoms with Crippen LogP contribution in [0.25, 0.3) is 0 Å². The Morgan fingerprint density at radius 2 is 1.87 bits per heavy atom. The summed E-state index contributed by atoms with van der Waals surface area (Å²) in [6, 6.07) is 8.69. The summed E-state index contributed by atoms with van der Waals surface area (Å²) in [4.78, 5) is 16.1. The van der Waals surface area contributed by atoms with Gasteiger partial charge >= 0.3 is 6.18 Å². The van der Waals surface area contributed by atoms with Crippen LogP contribution in [0.15, 0.2) is 52.0 Å². The Labute approximate surface area is 181 Å². The van der Waals surface area contributed by atoms with Gasteiger partial charge in [-0.1, -0.05) is 23.7 Å². The third kappa shape index (κ3) is 4.76. The minimum absolute atomic E-state index is 0.00529. The van der Waals surface area contributed by atoms with E-state index in [0.717, 1.165) is 17.0 Å². The summed E-state index contributed by atoms with van der Waals surface area (Å²) in [7, 11) is 1.48. The van der Waals surface area contributed by atoms with Crippen molar-refractivity contribution < 1.29 is 27.0 Å². The highest BCUT2D eigenvalue weighted by molar-refractivity contribution is 9.10. The van der Waals surface area contributed by atoms with E-state index in [0.29, 0.717) is 11.3 Å². The molecule has 0 unspecified atom stereocenters. The van der Waals surface area contributed by atoms with Crippen LogP contribution in [0, 0.1) is 5.82 Å². The molecule has 3 aromatic rings. The van der Waals surface area contributed by atoms with Crippen LogP contribution >= 0.6 is 27.5 Å². The molecule has 1 aromatic heterocycles. The summed E-state index contributed by atoms with van der Waals surface area (Å²) >= 11 is 8.70. The fourth-order valence-corrected chi connectivity index (χ4v) is 3.30. The second kappa shape index (κ2) is 8.65. The molecule has 158 valence electrons. The van der Waals surface area contributed by atoms with Crippen molar-refractivity contribution in [2.24, 2.45) is 0 Å². The van der Waals surface area contributed by atoms with Gasteiger partial charge in [-0.25, -0.2) is 9.37 Å². The van der Waals surface area contributed by atoms with Crippen LogP contribution in [-0.2, 0) is 12.7 Å². The quantitative estimate of drug-likeness (QED) is 0.330. The number of alkyl halides is 3. The number of methoxy groups -OCH3 is 1. The number of ether oxygens (including phenoxy) is 2. The van der Waals surface area contributed by atoms with Crippen molar-refractivity contribution in [2.75, 3.05) is 7.11 Å². The molecule has 5 nitrogen and oxygen atoms in total. The second-order valence-corrected chi connectivity index (χ2v) is 7.29. The number of nitrogens with zero attached hydrogens (tertiary/aromatic N) is 2. The molecule has 2 aromatic carbocycles. The van der Waals surface area contributed by atoms with Gasteiger partial charge in [-0.2, -0.15) is 13.2 Å². The van der Waals surface area contributed by atoms with Crippen LogP contribution in [0.1, 0.15) is 11.3 Å². The molecule has 3 rings (SSSR count). The van der Waals surface area contributed by atoms with Crippen LogP contribution in [0.5, 0.6) is 17.2 Å². The summed E-state index contributed by atoms with van der Waals surface area (Å²) in [6.45, 7) is -0.0912. The van der Waals surface area contributed by atoms with E-state index in [2.05, 4.69) is 20.9 Å². The molecule has 0 N–H and O–H groups in total. The van der Waals surface area contributed by atoms with Gasteiger partial charge in [-0.3, -0.25) is 9.36 Å². The van der Waals surface area contributed by atoms with Gasteiger partial charge in [-0.05, 0) is 39.7 Å². The first-order valence-electron chi connectivity index (χ1n) is 8.22. The molecular formula is C19H12BrClF4N2O3. The molecule has 30 heavy (non-hydrogen) atoms. The fraction of sp³-hybridized carbons (Fsp3) is 0.158. The lowest BCUT2D eigenvalue weighted by Crippen LogP contribution is -2.26. The van der Waals surface area contributed by atoms with Crippen LogP contribution in [0.2, 0.25) is 5.02 Å². The number of hydrogen-bond donors (Lipinski definition) is 0. The topological polar surface area (TPSA) is 53.4 Å². The molecule has 0 saturated heterocycles. The molecule has 0 amide bonds. The van der Waals surface area contributed by atoms with E-state index < -0.39 is 34.7 Å². The largest absolute Gasteiger partial charge is 0.497 e. The maximum atomic E-state index is 14.3. The second-order valence-electron chi connectivity index (χ2n) is 6.00. The lowest BCUT2D eigenvalue weighted by Gasteiger charge is -2.15. The Morgan fingerprint density at radius 3 is 2.47 bits per heavy atom. The Hall–Kier alpha value is -2.59. The highest BCUT2D eigenvalue weighted by Crippen LogP contribution is 2.37. The van der Waals surface area contributed by atoms with E-state index in [1.165, 1.54) is 13.2 Å². The molecule has 11 heteroatoms. The van der Waals surface area contributed by atoms with E-state index >= 15 is 0 Å². The third-order valence-corrected chi connectivity index (χ3v) is 4.74. The zero-order valence-corrected chi connectivity index (χ0v) is 17.5. The van der Waals surface area contributed by atoms with Gasteiger partial charge < -0.3 is 9.47 Å². The number of benzene rings is 2. The molecular weight excluding hydrogens is 496 g/mol. The van der Waals surface area contributed by atoms with Gasteiger partial charge in [0.25, 0.3) is 5.56 Å². The number of halogens is 6. The van der Waals surface area contributed by atoms with Crippen LogP contribution in [0.3, 0.4) is 0 Å². The van der Waals surface area contributed by atoms with E-state index in [-0.39, 0.29) is 16.0 Å². The first kappa shape index (κ1) is 22.1. The molecule has 0 atom stereocenters. The van der Waals surface area contributed by atoms with E-state index in [4.69, 9.17) is 21.1 Å². The minimum Gasteiger partial charge on any atom is -0.497 e. The first-order valence-corrected chi connectivity index (χ1v) is 9.39. The van der Waals surface area contributed by atoms with Gasteiger partial charge in [0, 0.05) is 11.1 Å². The normalized spacial score (nSPS) is 11.4. The smallest absolute Gasteiger partial charge is 0.437 e. The van der Waals surface area contributed by atoms with E-state index in [1.54, 1.807) is 24.3 Å². The van der Waals surface area contributed by atoms with Crippen molar-refractivity contribution in [1.82, 2.24) is 9.55 Å². The molecule has 0 bridgehead atoms. The Kier molecular flexibility index (Phi) is 6.37. The lowest BCUT2D eigenvalue weighted by molar-refractivity contribution is -0.142. The molecule has 0 fully saturated rings. The van der Waals surface area contributed by atoms with Gasteiger partial charge in [0.05, 0.1) is 24.5 Å². The lowest BCUT2D eigenvalue weighted by atomic mass is 10.2. The molecule has 0 spiro atoms. The van der Waals surface area contributed by atoms with Crippen molar-refractivity contribution in [3.8, 4) is 17.2 Å². The van der Waals surface area contributed by atoms with Gasteiger partial charge in [0.2, 0.25) is 5.75 Å². The van der Waals surface area contributed by atoms with Crippen molar-refractivity contribution in [1.29, 1.82) is 0 Å². The summed E-state index contributed by atoms with van der Waals surface area (Å²) in [5.41, 5.74) is -2.11. The number of rotatable bonds is 5. The minimum atomic E-state index is -5.00. The molecule has 1 heterocycles. The number of hydrogen-bond acceptors (Lipinski definition) is 4. The van der Waals surface area contributed by atoms with Gasteiger partial charge in [0.15, 0.2) is 17.3 Å². The number of aromatic nitrogens is 2. The predicted octanol–water partition coefficient (Wildman–Crippen LogP) is 5.67. The van der Waals surface area contributed by atoms with Crippen LogP contribution in [-0.4, -0.2) is 16.7 Å². The van der Waals surface area contributed by atoms with Crippen molar-refractivity contribution in [3.05, 3.63) is 79.6 Å². The SMILES string of the molecule is COc1ccc(Cn2cnc(C(F)(F)F)c(Oc3cc(Cl)cc(Br)c3F)c2=O)cc1. The first-order chi connectivity index (χ1) is 14.1. The van der Waals surface area contributed by atoms with Crippen LogP contribution < -0.4 is 15.0 Å². The molecule has 0 saturated carbocycles. The molecule has 0 aliphatic rings. The average Bonchev–Trinajstić information content (AvgIpc) is 2.68. The summed E-state index contributed by atoms with van der Waals surface area (Å²) < 4.78 is 65.4. The molecule has 0 aliphatic carbocycles. The average molecular weight is 508 g/mol. The highest BCUT2D eigenvalue weighted by Gasteiger charge is 2.39. The fourth-order valence-electron chi connectivity index (χ4n) is 2.52. The van der Waals surface area contributed by atoms with Crippen molar-refractivity contribution >= 4 is 27.5 Å². The Balaban J connectivity index is 2.07. The zero-order chi connectivity index (χ0) is 22.1. The summed E-state index contributed by atoms with van der Waals surface area (Å²) in [5.74, 6) is -2.26. The third-order valence-electron chi connectivity index (χ3n) is 3.95. The molecule has 0 radical (unpaired) electrons. The maximum absolute atomic E-state index is 14.3. The zero-order valence-electron chi connectivity index (χ0n) is 15.1. The highest BCUT2D eigenvalue weighted by atomic mass is 79.9.